The summed E-state index contributed by atoms with van der Waals surface area (Å²) in [5.74, 6) is -0.252. The minimum atomic E-state index is -0.962. The number of allylic oxidation sites excluding steroid dienone is 1. The first-order chi connectivity index (χ1) is 12.9. The number of nitrogens with two attached hydrogens (primary N) is 1. The van der Waals surface area contributed by atoms with Gasteiger partial charge in [-0.2, -0.15) is 0 Å². The van der Waals surface area contributed by atoms with E-state index in [-0.39, 0.29) is 11.7 Å². The fourth-order valence-electron chi connectivity index (χ4n) is 2.60. The van der Waals surface area contributed by atoms with Gasteiger partial charge in [-0.1, -0.05) is 18.2 Å². The van der Waals surface area contributed by atoms with E-state index in [1.165, 1.54) is 13.2 Å². The van der Waals surface area contributed by atoms with Gasteiger partial charge in [0.1, 0.15) is 11.9 Å². The van der Waals surface area contributed by atoms with Crippen LogP contribution in [0.1, 0.15) is 24.5 Å². The van der Waals surface area contributed by atoms with Gasteiger partial charge in [-0.3, -0.25) is 4.79 Å². The summed E-state index contributed by atoms with van der Waals surface area (Å²) in [6.07, 6.45) is 2.68. The highest BCUT2D eigenvalue weighted by atomic mass is 127. The van der Waals surface area contributed by atoms with Crippen LogP contribution in [0.5, 0.6) is 5.75 Å². The number of aromatic hydroxyl groups is 1. The number of hydrogen-bond acceptors (Lipinski definition) is 5. The standard InChI is InChI=1S/C20H23IN2O4/c1-27-18(20(26)14-12-13(21)10-11-17(14)24)8-4-5-9-19(25)23-16-7-3-2-6-15(16)22/h2-3,5-7,9-12,18,20,24,26H,4,8,22H2,1H3,(H,23,25)/b9-5+/t18-,20-/m0/s1. The van der Waals surface area contributed by atoms with Crippen LogP contribution in [0.3, 0.4) is 0 Å². The molecule has 5 N–H and O–H groups in total. The molecule has 1 amide bonds. The molecule has 6 nitrogen and oxygen atoms in total. The average molecular weight is 482 g/mol. The van der Waals surface area contributed by atoms with Crippen molar-refractivity contribution in [1.82, 2.24) is 0 Å². The smallest absolute Gasteiger partial charge is 0.248 e. The molecule has 0 aliphatic carbocycles. The van der Waals surface area contributed by atoms with Crippen molar-refractivity contribution in [2.75, 3.05) is 18.2 Å². The maximum atomic E-state index is 11.9. The van der Waals surface area contributed by atoms with Gasteiger partial charge < -0.3 is 26.0 Å². The Balaban J connectivity index is 1.90. The zero-order valence-electron chi connectivity index (χ0n) is 14.9. The van der Waals surface area contributed by atoms with Gasteiger partial charge in [-0.15, -0.1) is 0 Å². The Morgan fingerprint density at radius 2 is 2.07 bits per heavy atom. The number of methoxy groups -OCH3 is 1. The van der Waals surface area contributed by atoms with E-state index in [4.69, 9.17) is 10.5 Å². The first-order valence-corrected chi connectivity index (χ1v) is 9.51. The number of hydrogen-bond donors (Lipinski definition) is 4. The first kappa shape index (κ1) is 21.2. The van der Waals surface area contributed by atoms with Crippen LogP contribution in [0.15, 0.2) is 54.6 Å². The number of amides is 1. The second kappa shape index (κ2) is 10.3. The summed E-state index contributed by atoms with van der Waals surface area (Å²) in [6.45, 7) is 0. The molecule has 0 fully saturated rings. The van der Waals surface area contributed by atoms with Crippen LogP contribution in [0.4, 0.5) is 11.4 Å². The monoisotopic (exact) mass is 482 g/mol. The van der Waals surface area contributed by atoms with Crippen molar-refractivity contribution in [1.29, 1.82) is 0 Å². The zero-order valence-corrected chi connectivity index (χ0v) is 17.1. The van der Waals surface area contributed by atoms with Gasteiger partial charge in [0.2, 0.25) is 5.91 Å². The topological polar surface area (TPSA) is 105 Å². The first-order valence-electron chi connectivity index (χ1n) is 8.43. The Bertz CT molecular complexity index is 810. The highest BCUT2D eigenvalue weighted by Gasteiger charge is 2.22. The second-order valence-corrected chi connectivity index (χ2v) is 7.22. The molecule has 7 heteroatoms. The third kappa shape index (κ3) is 6.23. The molecular formula is C20H23IN2O4. The number of ether oxygens (including phenoxy) is 1. The SMILES string of the molecule is CO[C@@H](CC/C=C/C(=O)Nc1ccccc1N)[C@@H](O)c1cc(I)ccc1O. The maximum absolute atomic E-state index is 11.9. The number of halogens is 1. The fourth-order valence-corrected chi connectivity index (χ4v) is 3.12. The third-order valence-corrected chi connectivity index (χ3v) is 4.74. The van der Waals surface area contributed by atoms with Crippen LogP contribution in [0.25, 0.3) is 0 Å². The van der Waals surface area contributed by atoms with E-state index in [0.29, 0.717) is 29.8 Å². The number of aliphatic hydroxyl groups excluding tert-OH is 1. The average Bonchev–Trinajstić information content (AvgIpc) is 2.65. The molecule has 2 aromatic carbocycles. The molecule has 0 aromatic heterocycles. The maximum Gasteiger partial charge on any atom is 0.248 e. The van der Waals surface area contributed by atoms with E-state index < -0.39 is 12.2 Å². The highest BCUT2D eigenvalue weighted by Crippen LogP contribution is 2.30. The number of anilines is 2. The van der Waals surface area contributed by atoms with Gasteiger partial charge in [0.05, 0.1) is 17.5 Å². The van der Waals surface area contributed by atoms with Gasteiger partial charge >= 0.3 is 0 Å². The lowest BCUT2D eigenvalue weighted by Crippen LogP contribution is -2.21. The molecule has 2 aromatic rings. The summed E-state index contributed by atoms with van der Waals surface area (Å²) >= 11 is 2.12. The number of para-hydroxylation sites is 2. The van der Waals surface area contributed by atoms with Gasteiger partial charge in [0.25, 0.3) is 0 Å². The molecule has 144 valence electrons. The molecule has 0 bridgehead atoms. The van der Waals surface area contributed by atoms with Gasteiger partial charge in [0.15, 0.2) is 0 Å². The fraction of sp³-hybridized carbons (Fsp3) is 0.250. The molecule has 0 unspecified atom stereocenters. The lowest BCUT2D eigenvalue weighted by Gasteiger charge is -2.22. The molecule has 27 heavy (non-hydrogen) atoms. The molecule has 0 aliphatic heterocycles. The second-order valence-electron chi connectivity index (χ2n) is 5.98. The Morgan fingerprint density at radius 1 is 1.33 bits per heavy atom. The zero-order chi connectivity index (χ0) is 19.8. The number of benzene rings is 2. The lowest BCUT2D eigenvalue weighted by atomic mass is 10.00. The molecule has 2 atom stereocenters. The van der Waals surface area contributed by atoms with Crippen molar-refractivity contribution in [2.24, 2.45) is 0 Å². The summed E-state index contributed by atoms with van der Waals surface area (Å²) in [4.78, 5) is 11.9. The van der Waals surface area contributed by atoms with Crippen molar-refractivity contribution in [2.45, 2.75) is 25.0 Å². The normalized spacial score (nSPS) is 13.4. The van der Waals surface area contributed by atoms with Crippen molar-refractivity contribution in [3.05, 3.63) is 63.8 Å². The molecule has 2 rings (SSSR count). The van der Waals surface area contributed by atoms with Crippen molar-refractivity contribution in [3.63, 3.8) is 0 Å². The molecule has 0 saturated carbocycles. The number of rotatable bonds is 8. The number of aliphatic hydroxyl groups is 1. The summed E-state index contributed by atoms with van der Waals surface area (Å²) in [7, 11) is 1.51. The Morgan fingerprint density at radius 3 is 2.78 bits per heavy atom. The van der Waals surface area contributed by atoms with Crippen molar-refractivity contribution < 1.29 is 19.7 Å². The van der Waals surface area contributed by atoms with Crippen LogP contribution in [-0.4, -0.2) is 29.3 Å². The molecule has 0 aliphatic rings. The van der Waals surface area contributed by atoms with E-state index in [2.05, 4.69) is 27.9 Å². The predicted molar refractivity (Wildman–Crippen MR) is 114 cm³/mol. The van der Waals surface area contributed by atoms with Crippen molar-refractivity contribution >= 4 is 39.9 Å². The van der Waals surface area contributed by atoms with Gasteiger partial charge in [-0.25, -0.2) is 0 Å². The minimum Gasteiger partial charge on any atom is -0.508 e. The molecule has 0 radical (unpaired) electrons. The number of nitrogen functional groups attached to an aromatic ring is 1. The number of phenolic OH excluding ortho intramolecular Hbond substituents is 1. The molecule has 0 spiro atoms. The van der Waals surface area contributed by atoms with E-state index >= 15 is 0 Å². The summed E-state index contributed by atoms with van der Waals surface area (Å²) in [5, 5.41) is 23.2. The lowest BCUT2D eigenvalue weighted by molar-refractivity contribution is -0.111. The van der Waals surface area contributed by atoms with Crippen molar-refractivity contribution in [3.8, 4) is 5.75 Å². The van der Waals surface area contributed by atoms with Gasteiger partial charge in [-0.05, 0) is 71.8 Å². The Hall–Kier alpha value is -2.10. The third-order valence-electron chi connectivity index (χ3n) is 4.07. The number of phenols is 1. The van der Waals surface area contributed by atoms with Crippen LogP contribution >= 0.6 is 22.6 Å². The largest absolute Gasteiger partial charge is 0.508 e. The number of nitrogens with one attached hydrogen (secondary N) is 1. The quantitative estimate of drug-likeness (QED) is 0.262. The Labute approximate surface area is 172 Å². The Kier molecular flexibility index (Phi) is 8.08. The van der Waals surface area contributed by atoms with Crippen LogP contribution < -0.4 is 11.1 Å². The number of carbonyl (C=O) groups excluding carboxylic acids is 1. The van der Waals surface area contributed by atoms with E-state index in [9.17, 15) is 15.0 Å². The minimum absolute atomic E-state index is 0.0281. The van der Waals surface area contributed by atoms with Gasteiger partial charge in [0, 0.05) is 16.2 Å². The summed E-state index contributed by atoms with van der Waals surface area (Å²) in [6, 6.07) is 12.1. The van der Waals surface area contributed by atoms with E-state index in [1.54, 1.807) is 48.5 Å². The predicted octanol–water partition coefficient (Wildman–Crippen LogP) is 3.60. The van der Waals surface area contributed by atoms with E-state index in [0.717, 1.165) is 3.57 Å². The van der Waals surface area contributed by atoms with E-state index in [1.807, 2.05) is 0 Å². The van der Waals surface area contributed by atoms with Crippen LogP contribution in [-0.2, 0) is 9.53 Å². The summed E-state index contributed by atoms with van der Waals surface area (Å²) < 4.78 is 6.27. The number of carbonyl (C=O) groups is 1. The molecule has 0 heterocycles. The van der Waals surface area contributed by atoms with Crippen LogP contribution in [0.2, 0.25) is 0 Å². The molecular weight excluding hydrogens is 459 g/mol. The highest BCUT2D eigenvalue weighted by molar-refractivity contribution is 14.1. The molecule has 0 saturated heterocycles. The van der Waals surface area contributed by atoms with Crippen LogP contribution in [0, 0.1) is 3.57 Å². The summed E-state index contributed by atoms with van der Waals surface area (Å²) in [5.41, 5.74) is 7.28.